The summed E-state index contributed by atoms with van der Waals surface area (Å²) in [6.45, 7) is 4.16. The quantitative estimate of drug-likeness (QED) is 0.0848. The van der Waals surface area contributed by atoms with Gasteiger partial charge in [-0.25, -0.2) is 0 Å². The molecule has 8 bridgehead atoms. The number of phenols is 2. The zero-order chi connectivity index (χ0) is 37.0. The molecule has 7 rings (SSSR count). The van der Waals surface area contributed by atoms with E-state index in [1.165, 1.54) is 0 Å². The maximum absolute atomic E-state index is 11.7. The molecule has 1 aliphatic rings. The van der Waals surface area contributed by atoms with Crippen molar-refractivity contribution in [3.8, 4) is 23.0 Å². The Morgan fingerprint density at radius 2 is 0.815 bits per heavy atom. The Kier molecular flexibility index (Phi) is 12.5. The summed E-state index contributed by atoms with van der Waals surface area (Å²) in [7, 11) is 0. The monoisotopic (exact) mass is 720 g/mol. The second-order valence-electron chi connectivity index (χ2n) is 13.8. The van der Waals surface area contributed by atoms with Crippen LogP contribution in [-0.2, 0) is 38.8 Å². The van der Waals surface area contributed by atoms with Gasteiger partial charge in [-0.1, -0.05) is 84.9 Å². The fraction of sp³-hybridized carbons (Fsp3) is 0.261. The van der Waals surface area contributed by atoms with Gasteiger partial charge in [0.2, 0.25) is 0 Å². The van der Waals surface area contributed by atoms with Crippen molar-refractivity contribution in [1.82, 2.24) is 20.6 Å². The molecule has 4 N–H and O–H groups in total. The Morgan fingerprint density at radius 1 is 0.463 bits per heavy atom. The first-order valence-electron chi connectivity index (χ1n) is 18.9. The van der Waals surface area contributed by atoms with Gasteiger partial charge in [0, 0.05) is 63.6 Å². The van der Waals surface area contributed by atoms with Gasteiger partial charge in [0.05, 0.1) is 13.2 Å². The van der Waals surface area contributed by atoms with Crippen molar-refractivity contribution in [2.75, 3.05) is 26.3 Å². The van der Waals surface area contributed by atoms with Crippen molar-refractivity contribution < 1.29 is 19.7 Å². The van der Waals surface area contributed by atoms with Crippen LogP contribution in [0.5, 0.6) is 23.0 Å². The molecule has 0 amide bonds. The molecule has 4 aromatic carbocycles. The molecule has 0 saturated carbocycles. The maximum Gasteiger partial charge on any atom is 0.126 e. The lowest BCUT2D eigenvalue weighted by molar-refractivity contribution is 0.302. The van der Waals surface area contributed by atoms with Gasteiger partial charge in [-0.2, -0.15) is 0 Å². The molecule has 0 saturated heterocycles. The lowest BCUT2D eigenvalue weighted by Crippen LogP contribution is -2.17. The van der Waals surface area contributed by atoms with Gasteiger partial charge in [-0.05, 0) is 93.7 Å². The molecular formula is C46H48N4O4. The van der Waals surface area contributed by atoms with Crippen LogP contribution in [0.3, 0.4) is 0 Å². The predicted molar refractivity (Wildman–Crippen MR) is 212 cm³/mol. The Morgan fingerprint density at radius 3 is 1.15 bits per heavy atom. The number of rotatable bonds is 14. The third-order valence-electron chi connectivity index (χ3n) is 9.88. The van der Waals surface area contributed by atoms with Gasteiger partial charge in [-0.3, -0.25) is 9.97 Å². The highest BCUT2D eigenvalue weighted by atomic mass is 16.5. The first-order chi connectivity index (χ1) is 26.6. The first kappa shape index (κ1) is 36.6. The molecule has 54 heavy (non-hydrogen) atoms. The molecule has 2 aromatic heterocycles. The van der Waals surface area contributed by atoms with Crippen molar-refractivity contribution in [2.24, 2.45) is 0 Å². The van der Waals surface area contributed by atoms with Crippen LogP contribution in [0.4, 0.5) is 0 Å². The van der Waals surface area contributed by atoms with E-state index in [9.17, 15) is 10.2 Å². The number of nitrogens with one attached hydrogen (secondary N) is 2. The van der Waals surface area contributed by atoms with Crippen molar-refractivity contribution in [1.29, 1.82) is 0 Å². The molecule has 0 spiro atoms. The number of pyridine rings is 2. The molecule has 276 valence electrons. The molecule has 0 aliphatic heterocycles. The average molecular weight is 721 g/mol. The number of para-hydroxylation sites is 4. The summed E-state index contributed by atoms with van der Waals surface area (Å²) < 4.78 is 13.2. The fourth-order valence-corrected chi connectivity index (χ4v) is 7.10. The SMILES string of the molecule is Oc1c2cccc1Cc1cccc(c1OCCCNCc1cccnc1)Cc1cccc(c1O)Cc1cccc(c1OCCCNCc1cccnc1)C2. The van der Waals surface area contributed by atoms with Crippen molar-refractivity contribution in [3.63, 3.8) is 0 Å². The minimum absolute atomic E-state index is 0.291. The van der Waals surface area contributed by atoms with Gasteiger partial charge in [0.15, 0.2) is 0 Å². The van der Waals surface area contributed by atoms with Crippen LogP contribution >= 0.6 is 0 Å². The van der Waals surface area contributed by atoms with Crippen LogP contribution in [0.25, 0.3) is 0 Å². The summed E-state index contributed by atoms with van der Waals surface area (Å²) in [6, 6.07) is 32.4. The van der Waals surface area contributed by atoms with E-state index in [4.69, 9.17) is 9.47 Å². The van der Waals surface area contributed by atoms with E-state index in [0.29, 0.717) is 50.4 Å². The van der Waals surface area contributed by atoms with Crippen LogP contribution in [-0.4, -0.2) is 46.5 Å². The van der Waals surface area contributed by atoms with Crippen LogP contribution in [0.15, 0.2) is 122 Å². The van der Waals surface area contributed by atoms with Crippen LogP contribution in [0, 0.1) is 0 Å². The number of nitrogens with zero attached hydrogens (tertiary/aromatic N) is 2. The highest BCUT2D eigenvalue weighted by Crippen LogP contribution is 2.38. The number of phenolic OH excluding ortho intramolecular Hbond substituents is 2. The smallest absolute Gasteiger partial charge is 0.126 e. The minimum Gasteiger partial charge on any atom is -0.507 e. The Bertz CT molecular complexity index is 1890. The third-order valence-corrected chi connectivity index (χ3v) is 9.88. The Labute approximate surface area is 317 Å². The van der Waals surface area contributed by atoms with Gasteiger partial charge in [0.1, 0.15) is 23.0 Å². The number of fused-ring (bicyclic) bond motifs is 8. The lowest BCUT2D eigenvalue weighted by atomic mass is 9.91. The largest absolute Gasteiger partial charge is 0.507 e. The summed E-state index contributed by atoms with van der Waals surface area (Å²) in [5.41, 5.74) is 9.61. The van der Waals surface area contributed by atoms with Crippen molar-refractivity contribution in [3.05, 3.63) is 177 Å². The molecule has 8 nitrogen and oxygen atoms in total. The van der Waals surface area contributed by atoms with E-state index < -0.39 is 0 Å². The minimum atomic E-state index is 0.291. The molecule has 0 unspecified atom stereocenters. The summed E-state index contributed by atoms with van der Waals surface area (Å²) in [5, 5.41) is 30.4. The zero-order valence-electron chi connectivity index (χ0n) is 30.6. The first-order valence-corrected chi connectivity index (χ1v) is 18.9. The normalized spacial score (nSPS) is 12.3. The summed E-state index contributed by atoms with van der Waals surface area (Å²) in [6.07, 6.45) is 11.0. The van der Waals surface area contributed by atoms with Crippen LogP contribution in [0.2, 0.25) is 0 Å². The topological polar surface area (TPSA) is 109 Å². The summed E-state index contributed by atoms with van der Waals surface area (Å²) >= 11 is 0. The van der Waals surface area contributed by atoms with Crippen molar-refractivity contribution >= 4 is 0 Å². The third kappa shape index (κ3) is 9.44. The Hall–Kier alpha value is -5.70. The predicted octanol–water partition coefficient (Wildman–Crippen LogP) is 7.68. The van der Waals surface area contributed by atoms with E-state index in [1.54, 1.807) is 12.4 Å². The van der Waals surface area contributed by atoms with Crippen LogP contribution < -0.4 is 20.1 Å². The zero-order valence-corrected chi connectivity index (χ0v) is 30.6. The van der Waals surface area contributed by atoms with E-state index >= 15 is 0 Å². The number of hydrogen-bond donors (Lipinski definition) is 4. The van der Waals surface area contributed by atoms with Crippen LogP contribution in [0.1, 0.15) is 68.5 Å². The Balaban J connectivity index is 1.13. The second-order valence-corrected chi connectivity index (χ2v) is 13.8. The van der Waals surface area contributed by atoms with E-state index in [1.807, 2.05) is 73.1 Å². The molecule has 8 heteroatoms. The number of hydrogen-bond acceptors (Lipinski definition) is 8. The summed E-state index contributed by atoms with van der Waals surface area (Å²) in [5.74, 6) is 2.20. The van der Waals surface area contributed by atoms with E-state index in [2.05, 4.69) is 57.0 Å². The standard InChI is InChI=1S/C46H48N4O4/c51-43-35-11-1-12-36(43)26-40-16-4-18-42(46(40)54-24-8-22-50-32-34-10-6-20-48-30-34)28-38-14-2-13-37(44(38)52)27-41-17-3-15-39(25-35)45(41)53-23-7-21-49-31-33-9-5-19-47-29-33/h1-6,9-20,29-30,49-52H,7-8,21-28,31-32H2. The molecule has 2 heterocycles. The molecule has 0 atom stereocenters. The number of ether oxygens (including phenoxy) is 2. The molecular weight excluding hydrogens is 673 g/mol. The van der Waals surface area contributed by atoms with Gasteiger partial charge in [0.25, 0.3) is 0 Å². The van der Waals surface area contributed by atoms with Gasteiger partial charge >= 0.3 is 0 Å². The van der Waals surface area contributed by atoms with E-state index in [0.717, 1.165) is 106 Å². The highest BCUT2D eigenvalue weighted by Gasteiger charge is 2.20. The summed E-state index contributed by atoms with van der Waals surface area (Å²) in [4.78, 5) is 8.39. The average Bonchev–Trinajstić information content (AvgIpc) is 3.19. The van der Waals surface area contributed by atoms with Gasteiger partial charge < -0.3 is 30.3 Å². The van der Waals surface area contributed by atoms with Gasteiger partial charge in [-0.15, -0.1) is 0 Å². The maximum atomic E-state index is 11.7. The molecule has 1 aliphatic carbocycles. The van der Waals surface area contributed by atoms with Crippen molar-refractivity contribution in [2.45, 2.75) is 51.6 Å². The number of benzene rings is 4. The highest BCUT2D eigenvalue weighted by molar-refractivity contribution is 5.55. The lowest BCUT2D eigenvalue weighted by Gasteiger charge is -2.20. The fourth-order valence-electron chi connectivity index (χ4n) is 7.10. The molecule has 0 radical (unpaired) electrons. The molecule has 6 aromatic rings. The number of aromatic hydroxyl groups is 2. The second kappa shape index (κ2) is 18.4. The number of aromatic nitrogens is 2. The van der Waals surface area contributed by atoms with E-state index in [-0.39, 0.29) is 0 Å². The molecule has 0 fully saturated rings.